The van der Waals surface area contributed by atoms with E-state index in [1.54, 1.807) is 24.9 Å². The highest BCUT2D eigenvalue weighted by Gasteiger charge is 2.12. The Morgan fingerprint density at radius 1 is 1.53 bits per heavy atom. The van der Waals surface area contributed by atoms with Crippen LogP contribution in [-0.2, 0) is 0 Å². The highest BCUT2D eigenvalue weighted by Crippen LogP contribution is 2.26. The monoisotopic (exact) mass is 229 g/mol. The standard InChI is InChI=1S/C11H16FNOS/c1-3-15-7-10(13)9-6-8(12)4-5-11(9)14-2/h4-6,10H,3,7,13H2,1-2H3. The molecular formula is C11H16FNOS. The fourth-order valence-corrected chi connectivity index (χ4v) is 2.00. The highest BCUT2D eigenvalue weighted by atomic mass is 32.2. The van der Waals surface area contributed by atoms with Crippen molar-refractivity contribution < 1.29 is 9.13 Å². The molecule has 1 atom stereocenters. The van der Waals surface area contributed by atoms with E-state index >= 15 is 0 Å². The second kappa shape index (κ2) is 5.98. The SMILES string of the molecule is CCSCC(N)c1cc(F)ccc1OC. The Hall–Kier alpha value is -0.740. The van der Waals surface area contributed by atoms with E-state index in [9.17, 15) is 4.39 Å². The van der Waals surface area contributed by atoms with Crippen molar-refractivity contribution in [2.75, 3.05) is 18.6 Å². The molecule has 0 fully saturated rings. The number of ether oxygens (including phenoxy) is 1. The third-order valence-corrected chi connectivity index (χ3v) is 3.10. The van der Waals surface area contributed by atoms with Crippen molar-refractivity contribution in [1.29, 1.82) is 0 Å². The summed E-state index contributed by atoms with van der Waals surface area (Å²) in [5.74, 6) is 2.16. The zero-order valence-corrected chi connectivity index (χ0v) is 9.81. The van der Waals surface area contributed by atoms with E-state index in [2.05, 4.69) is 6.92 Å². The van der Waals surface area contributed by atoms with Gasteiger partial charge in [-0.1, -0.05) is 6.92 Å². The first-order chi connectivity index (χ1) is 7.19. The van der Waals surface area contributed by atoms with Crippen molar-refractivity contribution >= 4 is 11.8 Å². The number of thioether (sulfide) groups is 1. The summed E-state index contributed by atoms with van der Waals surface area (Å²) < 4.78 is 18.2. The lowest BCUT2D eigenvalue weighted by Gasteiger charge is -2.15. The summed E-state index contributed by atoms with van der Waals surface area (Å²) in [6.45, 7) is 2.07. The molecule has 1 unspecified atom stereocenters. The van der Waals surface area contributed by atoms with E-state index in [4.69, 9.17) is 10.5 Å². The van der Waals surface area contributed by atoms with E-state index in [-0.39, 0.29) is 11.9 Å². The lowest BCUT2D eigenvalue weighted by molar-refractivity contribution is 0.405. The third-order valence-electron chi connectivity index (χ3n) is 2.09. The number of benzene rings is 1. The van der Waals surface area contributed by atoms with Crippen LogP contribution in [0.25, 0.3) is 0 Å². The topological polar surface area (TPSA) is 35.2 Å². The summed E-state index contributed by atoms with van der Waals surface area (Å²) >= 11 is 1.73. The van der Waals surface area contributed by atoms with Gasteiger partial charge in [0, 0.05) is 17.4 Å². The van der Waals surface area contributed by atoms with Crippen LogP contribution in [0, 0.1) is 5.82 Å². The molecule has 0 aliphatic heterocycles. The van der Waals surface area contributed by atoms with Crippen LogP contribution in [0.3, 0.4) is 0 Å². The van der Waals surface area contributed by atoms with E-state index in [1.165, 1.54) is 12.1 Å². The fourth-order valence-electron chi connectivity index (χ4n) is 1.33. The van der Waals surface area contributed by atoms with Crippen molar-refractivity contribution in [2.45, 2.75) is 13.0 Å². The molecule has 0 saturated carbocycles. The van der Waals surface area contributed by atoms with Gasteiger partial charge < -0.3 is 10.5 Å². The van der Waals surface area contributed by atoms with Crippen LogP contribution >= 0.6 is 11.8 Å². The van der Waals surface area contributed by atoms with Crippen molar-refractivity contribution in [3.8, 4) is 5.75 Å². The van der Waals surface area contributed by atoms with Crippen molar-refractivity contribution in [2.24, 2.45) is 5.73 Å². The predicted octanol–water partition coefficient (Wildman–Crippen LogP) is 2.59. The molecule has 0 radical (unpaired) electrons. The Morgan fingerprint density at radius 2 is 2.27 bits per heavy atom. The maximum absolute atomic E-state index is 13.0. The molecule has 2 nitrogen and oxygen atoms in total. The smallest absolute Gasteiger partial charge is 0.123 e. The molecule has 0 aliphatic rings. The molecule has 0 saturated heterocycles. The normalized spacial score (nSPS) is 12.5. The van der Waals surface area contributed by atoms with Crippen molar-refractivity contribution in [3.63, 3.8) is 0 Å². The summed E-state index contributed by atoms with van der Waals surface area (Å²) in [5, 5.41) is 0. The quantitative estimate of drug-likeness (QED) is 0.843. The van der Waals surface area contributed by atoms with E-state index in [0.29, 0.717) is 5.75 Å². The molecule has 0 aromatic heterocycles. The van der Waals surface area contributed by atoms with E-state index in [1.807, 2.05) is 0 Å². The molecule has 2 N–H and O–H groups in total. The van der Waals surface area contributed by atoms with Gasteiger partial charge in [-0.15, -0.1) is 0 Å². The van der Waals surface area contributed by atoms with Gasteiger partial charge in [-0.3, -0.25) is 0 Å². The summed E-state index contributed by atoms with van der Waals surface area (Å²) in [6, 6.07) is 4.25. The summed E-state index contributed by atoms with van der Waals surface area (Å²) in [6.07, 6.45) is 0. The molecular weight excluding hydrogens is 213 g/mol. The molecule has 4 heteroatoms. The summed E-state index contributed by atoms with van der Waals surface area (Å²) in [7, 11) is 1.57. The fraction of sp³-hybridized carbons (Fsp3) is 0.455. The Kier molecular flexibility index (Phi) is 4.91. The molecule has 15 heavy (non-hydrogen) atoms. The van der Waals surface area contributed by atoms with Gasteiger partial charge in [0.2, 0.25) is 0 Å². The van der Waals surface area contributed by atoms with Gasteiger partial charge in [0.05, 0.1) is 7.11 Å². The lowest BCUT2D eigenvalue weighted by Crippen LogP contribution is -2.14. The van der Waals surface area contributed by atoms with Crippen LogP contribution in [0.4, 0.5) is 4.39 Å². The van der Waals surface area contributed by atoms with Crippen molar-refractivity contribution in [1.82, 2.24) is 0 Å². The molecule has 0 spiro atoms. The van der Waals surface area contributed by atoms with Crippen LogP contribution in [0.1, 0.15) is 18.5 Å². The maximum atomic E-state index is 13.0. The molecule has 0 heterocycles. The molecule has 0 bridgehead atoms. The maximum Gasteiger partial charge on any atom is 0.123 e. The number of rotatable bonds is 5. The molecule has 1 aromatic rings. The van der Waals surface area contributed by atoms with Gasteiger partial charge in [0.1, 0.15) is 11.6 Å². The van der Waals surface area contributed by atoms with Crippen LogP contribution in [-0.4, -0.2) is 18.6 Å². The lowest BCUT2D eigenvalue weighted by atomic mass is 10.1. The number of hydrogen-bond acceptors (Lipinski definition) is 3. The first kappa shape index (κ1) is 12.3. The Morgan fingerprint density at radius 3 is 2.87 bits per heavy atom. The molecule has 84 valence electrons. The van der Waals surface area contributed by atoms with E-state index in [0.717, 1.165) is 17.1 Å². The van der Waals surface area contributed by atoms with E-state index < -0.39 is 0 Å². The Bertz CT molecular complexity index is 319. The van der Waals surface area contributed by atoms with Gasteiger partial charge in [0.25, 0.3) is 0 Å². The minimum atomic E-state index is -0.275. The second-order valence-electron chi connectivity index (χ2n) is 3.15. The van der Waals surface area contributed by atoms with Gasteiger partial charge in [0.15, 0.2) is 0 Å². The summed E-state index contributed by atoms with van der Waals surface area (Å²) in [4.78, 5) is 0. The largest absolute Gasteiger partial charge is 0.496 e. The first-order valence-electron chi connectivity index (χ1n) is 4.85. The third kappa shape index (κ3) is 3.39. The molecule has 0 amide bonds. The molecule has 0 aliphatic carbocycles. The minimum Gasteiger partial charge on any atom is -0.496 e. The van der Waals surface area contributed by atoms with Crippen LogP contribution in [0.2, 0.25) is 0 Å². The average Bonchev–Trinajstić information content (AvgIpc) is 2.25. The average molecular weight is 229 g/mol. The number of nitrogens with two attached hydrogens (primary N) is 1. The second-order valence-corrected chi connectivity index (χ2v) is 4.47. The Labute approximate surface area is 94.0 Å². The zero-order chi connectivity index (χ0) is 11.3. The van der Waals surface area contributed by atoms with Gasteiger partial charge in [-0.05, 0) is 24.0 Å². The minimum absolute atomic E-state index is 0.180. The van der Waals surface area contributed by atoms with Gasteiger partial charge >= 0.3 is 0 Å². The molecule has 1 aromatic carbocycles. The van der Waals surface area contributed by atoms with Crippen LogP contribution < -0.4 is 10.5 Å². The number of hydrogen-bond donors (Lipinski definition) is 1. The highest BCUT2D eigenvalue weighted by molar-refractivity contribution is 7.99. The Balaban J connectivity index is 2.85. The number of halogens is 1. The summed E-state index contributed by atoms with van der Waals surface area (Å²) in [5.41, 5.74) is 6.69. The van der Waals surface area contributed by atoms with Crippen molar-refractivity contribution in [3.05, 3.63) is 29.6 Å². The zero-order valence-electron chi connectivity index (χ0n) is 9.00. The molecule has 1 rings (SSSR count). The predicted molar refractivity (Wildman–Crippen MR) is 62.9 cm³/mol. The van der Waals surface area contributed by atoms with Gasteiger partial charge in [-0.2, -0.15) is 11.8 Å². The van der Waals surface area contributed by atoms with Crippen LogP contribution in [0.15, 0.2) is 18.2 Å². The van der Waals surface area contributed by atoms with Gasteiger partial charge in [-0.25, -0.2) is 4.39 Å². The first-order valence-corrected chi connectivity index (χ1v) is 6.01. The van der Waals surface area contributed by atoms with Crippen LogP contribution in [0.5, 0.6) is 5.75 Å². The number of methoxy groups -OCH3 is 1.